The summed E-state index contributed by atoms with van der Waals surface area (Å²) in [5.41, 5.74) is 0.746. The molecule has 130 valence electrons. The number of fused-ring (bicyclic) bond motifs is 5. The average molecular weight is 319 g/mol. The van der Waals surface area contributed by atoms with Crippen molar-refractivity contribution in [1.82, 2.24) is 0 Å². The van der Waals surface area contributed by atoms with E-state index in [0.717, 1.165) is 30.1 Å². The topological polar surface area (TPSA) is 45.0 Å². The first kappa shape index (κ1) is 16.1. The van der Waals surface area contributed by atoms with Crippen LogP contribution in [-0.2, 0) is 0 Å². The maximum absolute atomic E-state index is 10.5. The van der Waals surface area contributed by atoms with Crippen LogP contribution in [0.4, 0.5) is 0 Å². The van der Waals surface area contributed by atoms with E-state index >= 15 is 0 Å². The number of aliphatic hydroxyl groups excluding tert-OH is 1. The maximum Gasteiger partial charge on any atom is 0.0711 e. The van der Waals surface area contributed by atoms with Crippen LogP contribution >= 0.6 is 0 Å². The van der Waals surface area contributed by atoms with E-state index in [9.17, 15) is 5.11 Å². The molecule has 0 aromatic carbocycles. The van der Waals surface area contributed by atoms with Crippen LogP contribution in [-0.4, -0.2) is 24.3 Å². The van der Waals surface area contributed by atoms with Crippen molar-refractivity contribution in [3.63, 3.8) is 0 Å². The summed E-state index contributed by atoms with van der Waals surface area (Å²) in [6.07, 6.45) is 11.5. The highest BCUT2D eigenvalue weighted by molar-refractivity contribution is 5.09. The van der Waals surface area contributed by atoms with Crippen LogP contribution in [0.25, 0.3) is 0 Å². The van der Waals surface area contributed by atoms with Gasteiger partial charge >= 0.3 is 0 Å². The molecule has 3 nitrogen and oxygen atoms in total. The lowest BCUT2D eigenvalue weighted by Crippen LogP contribution is -2.54. The maximum atomic E-state index is 10.5. The summed E-state index contributed by atoms with van der Waals surface area (Å²) >= 11 is 0. The molecular weight excluding hydrogens is 284 g/mol. The molecule has 0 spiro atoms. The monoisotopic (exact) mass is 318 g/mol. The van der Waals surface area contributed by atoms with Crippen LogP contribution < -0.4 is 0 Å². The minimum absolute atomic E-state index is 0.0420. The molecule has 4 rings (SSSR count). The molecule has 8 unspecified atom stereocenters. The molecule has 0 aliphatic heterocycles. The molecule has 4 fully saturated rings. The number of hydrogen-bond donors (Lipinski definition) is 1. The summed E-state index contributed by atoms with van der Waals surface area (Å²) in [6, 6.07) is 0.483. The van der Waals surface area contributed by atoms with Crippen LogP contribution in [0.5, 0.6) is 0 Å². The Hall–Kier alpha value is -0.440. The van der Waals surface area contributed by atoms with Crippen molar-refractivity contribution in [3.05, 3.63) is 0 Å². The zero-order chi connectivity index (χ0) is 16.2. The van der Waals surface area contributed by atoms with E-state index in [1.165, 1.54) is 51.4 Å². The Morgan fingerprint density at radius 2 is 1.61 bits per heavy atom. The Bertz CT molecular complexity index is 492. The second kappa shape index (κ2) is 5.54. The third kappa shape index (κ3) is 2.25. The first-order valence-corrected chi connectivity index (χ1v) is 9.96. The smallest absolute Gasteiger partial charge is 0.0711 e. The molecule has 0 amide bonds. The van der Waals surface area contributed by atoms with Gasteiger partial charge in [0, 0.05) is 7.05 Å². The molecule has 1 N–H and O–H groups in total. The van der Waals surface area contributed by atoms with Gasteiger partial charge in [0.2, 0.25) is 0 Å². The fourth-order valence-corrected chi connectivity index (χ4v) is 7.48. The molecule has 4 aliphatic rings. The Morgan fingerprint density at radius 3 is 2.39 bits per heavy atom. The third-order valence-corrected chi connectivity index (χ3v) is 8.87. The summed E-state index contributed by atoms with van der Waals surface area (Å²) in [4.78, 5) is 0. The molecule has 0 aromatic rings. The molecule has 4 aliphatic carbocycles. The minimum Gasteiger partial charge on any atom is -0.393 e. The van der Waals surface area contributed by atoms with E-state index in [1.807, 2.05) is 7.05 Å². The van der Waals surface area contributed by atoms with Crippen LogP contribution in [0.2, 0.25) is 0 Å². The van der Waals surface area contributed by atoms with Gasteiger partial charge in [0.1, 0.15) is 0 Å². The summed E-state index contributed by atoms with van der Waals surface area (Å²) in [5.74, 6) is 3.39. The third-order valence-electron chi connectivity index (χ3n) is 8.87. The van der Waals surface area contributed by atoms with Crippen molar-refractivity contribution in [2.75, 3.05) is 7.05 Å². The molecule has 0 heterocycles. The summed E-state index contributed by atoms with van der Waals surface area (Å²) < 4.78 is 0. The molecule has 0 radical (unpaired) electrons. The summed E-state index contributed by atoms with van der Waals surface area (Å²) in [7, 11) is 1.82. The predicted molar refractivity (Wildman–Crippen MR) is 92.3 cm³/mol. The van der Waals surface area contributed by atoms with Crippen LogP contribution in [0.1, 0.15) is 71.6 Å². The van der Waals surface area contributed by atoms with Gasteiger partial charge in [-0.15, -0.1) is 0 Å². The first-order chi connectivity index (χ1) is 11.0. The van der Waals surface area contributed by atoms with Gasteiger partial charge in [0.05, 0.1) is 12.1 Å². The molecule has 0 bridgehead atoms. The highest BCUT2D eigenvalue weighted by Crippen LogP contribution is 2.66. The van der Waals surface area contributed by atoms with Gasteiger partial charge in [0.15, 0.2) is 0 Å². The molecule has 8 atom stereocenters. The highest BCUT2D eigenvalue weighted by atomic mass is 16.3. The fraction of sp³-hybridized carbons (Fsp3) is 1.00. The largest absolute Gasteiger partial charge is 0.393 e. The number of rotatable bonds is 1. The van der Waals surface area contributed by atoms with Gasteiger partial charge in [-0.05, 0) is 92.3 Å². The van der Waals surface area contributed by atoms with E-state index in [-0.39, 0.29) is 11.5 Å². The molecule has 0 saturated heterocycles. The lowest BCUT2D eigenvalue weighted by atomic mass is 9.45. The molecular formula is C20H34N2O. The SMILES string of the molecule is CN=NC1CCC2(C)C(CCC3C4CCC(O)C4(C)CCC32)C1. The number of aliphatic hydroxyl groups is 1. The highest BCUT2D eigenvalue weighted by Gasteiger charge is 2.60. The van der Waals surface area contributed by atoms with Crippen molar-refractivity contribution in [1.29, 1.82) is 0 Å². The van der Waals surface area contributed by atoms with Crippen molar-refractivity contribution >= 4 is 0 Å². The van der Waals surface area contributed by atoms with Gasteiger partial charge < -0.3 is 5.11 Å². The second-order valence-corrected chi connectivity index (χ2v) is 9.54. The molecule has 3 heteroatoms. The van der Waals surface area contributed by atoms with E-state index in [1.54, 1.807) is 0 Å². The van der Waals surface area contributed by atoms with E-state index in [2.05, 4.69) is 24.1 Å². The van der Waals surface area contributed by atoms with Crippen LogP contribution in [0.15, 0.2) is 10.2 Å². The van der Waals surface area contributed by atoms with Crippen molar-refractivity contribution in [2.45, 2.75) is 83.8 Å². The van der Waals surface area contributed by atoms with Gasteiger partial charge in [-0.2, -0.15) is 10.2 Å². The van der Waals surface area contributed by atoms with Crippen LogP contribution in [0, 0.1) is 34.5 Å². The Kier molecular flexibility index (Phi) is 3.87. The summed E-state index contributed by atoms with van der Waals surface area (Å²) in [5, 5.41) is 19.1. The lowest BCUT2D eigenvalue weighted by Gasteiger charge is -2.60. The zero-order valence-electron chi connectivity index (χ0n) is 15.2. The number of hydrogen-bond acceptors (Lipinski definition) is 3. The van der Waals surface area contributed by atoms with Crippen molar-refractivity contribution in [2.24, 2.45) is 44.7 Å². The Balaban J connectivity index is 1.57. The standard InChI is InChI=1S/C20H34N2O/c1-19-10-8-14(22-21-3)12-13(19)4-5-15-16-6-7-18(23)20(16,2)11-9-17(15)19/h13-18,23H,4-12H2,1-3H3. The van der Waals surface area contributed by atoms with E-state index < -0.39 is 0 Å². The average Bonchev–Trinajstić information content (AvgIpc) is 2.84. The normalized spacial score (nSPS) is 56.2. The van der Waals surface area contributed by atoms with Crippen molar-refractivity contribution < 1.29 is 5.11 Å². The fourth-order valence-electron chi connectivity index (χ4n) is 7.48. The Labute approximate surface area is 141 Å². The molecule has 4 saturated carbocycles. The quantitative estimate of drug-likeness (QED) is 0.691. The van der Waals surface area contributed by atoms with Gasteiger partial charge in [-0.3, -0.25) is 0 Å². The number of azo groups is 1. The lowest BCUT2D eigenvalue weighted by molar-refractivity contribution is -0.122. The van der Waals surface area contributed by atoms with Gasteiger partial charge in [-0.1, -0.05) is 13.8 Å². The summed E-state index contributed by atoms with van der Waals surface area (Å²) in [6.45, 7) is 4.99. The van der Waals surface area contributed by atoms with Gasteiger partial charge in [-0.25, -0.2) is 0 Å². The van der Waals surface area contributed by atoms with E-state index in [4.69, 9.17) is 0 Å². The van der Waals surface area contributed by atoms with E-state index in [0.29, 0.717) is 11.5 Å². The predicted octanol–water partition coefficient (Wildman–Crippen LogP) is 4.84. The first-order valence-electron chi connectivity index (χ1n) is 9.96. The van der Waals surface area contributed by atoms with Gasteiger partial charge in [0.25, 0.3) is 0 Å². The molecule has 23 heavy (non-hydrogen) atoms. The molecule has 0 aromatic heterocycles. The van der Waals surface area contributed by atoms with Crippen molar-refractivity contribution in [3.8, 4) is 0 Å². The minimum atomic E-state index is -0.0420. The zero-order valence-corrected chi connectivity index (χ0v) is 15.2. The Morgan fingerprint density at radius 1 is 0.870 bits per heavy atom. The second-order valence-electron chi connectivity index (χ2n) is 9.54. The number of nitrogens with zero attached hydrogens (tertiary/aromatic N) is 2. The van der Waals surface area contributed by atoms with Crippen LogP contribution in [0.3, 0.4) is 0 Å².